The number of hydrogen-bond acceptors (Lipinski definition) is 4. The first-order chi connectivity index (χ1) is 2.56. The Morgan fingerprint density at radius 2 is 1.11 bits per heavy atom. The van der Waals surface area contributed by atoms with E-state index in [9.17, 15) is 4.53 Å². The molecule has 0 aliphatic heterocycles. The second-order valence-corrected chi connectivity index (χ2v) is 1.73. The van der Waals surface area contributed by atoms with Gasteiger partial charge >= 0.3 is 88.7 Å². The second kappa shape index (κ2) is 11.0. The average molecular weight is 180 g/mol. The maximum absolute atomic E-state index is 10.1. The Hall–Kier alpha value is 2.99. The van der Waals surface area contributed by atoms with Crippen LogP contribution in [-0.2, 0) is 4.63 Å². The molecule has 0 spiro atoms. The molecule has 0 heterocycles. The predicted molar refractivity (Wildman–Crippen MR) is 7.95 cm³/mol. The molecule has 0 aromatic carbocycles. The van der Waals surface area contributed by atoms with Crippen LogP contribution in [0.3, 0.4) is 0 Å². The van der Waals surface area contributed by atoms with Crippen LogP contribution >= 0.6 is 0 Å². The quantitative estimate of drug-likeness (QED) is 0.375. The SMILES string of the molecule is [Na+].[Na+].[Na+].[O-][Si]([O-])([O-])OF. The van der Waals surface area contributed by atoms with Gasteiger partial charge in [0, 0.05) is 0 Å². The van der Waals surface area contributed by atoms with Crippen molar-refractivity contribution in [2.75, 3.05) is 0 Å². The third-order valence-corrected chi connectivity index (χ3v) is 0.283. The molecule has 0 saturated carbocycles. The predicted octanol–water partition coefficient (Wildman–Crippen LogP) is -12.6. The Bertz CT molecular complexity index is 45.6. The van der Waals surface area contributed by atoms with Gasteiger partial charge < -0.3 is 19.0 Å². The topological polar surface area (TPSA) is 78.4 Å². The number of hydrogen-bond donors (Lipinski definition) is 0. The van der Waals surface area contributed by atoms with E-state index in [1.54, 1.807) is 0 Å². The van der Waals surface area contributed by atoms with E-state index < -0.39 is 9.05 Å². The smallest absolute Gasteiger partial charge is 0.858 e. The Kier molecular flexibility index (Phi) is 27.7. The molecule has 0 saturated heterocycles. The molecule has 38 valence electrons. The molecule has 0 aromatic heterocycles. The molecule has 0 atom stereocenters. The van der Waals surface area contributed by atoms with Crippen LogP contribution in [-0.4, -0.2) is 9.05 Å². The van der Waals surface area contributed by atoms with E-state index in [4.69, 9.17) is 14.4 Å². The summed E-state index contributed by atoms with van der Waals surface area (Å²) in [5.41, 5.74) is 0. The molecule has 0 unspecified atom stereocenters. The van der Waals surface area contributed by atoms with Gasteiger partial charge in [0.2, 0.25) is 0 Å². The third-order valence-electron chi connectivity index (χ3n) is 0.0945. The number of rotatable bonds is 1. The van der Waals surface area contributed by atoms with Gasteiger partial charge in [-0.05, 0) is 0 Å². The molecule has 0 radical (unpaired) electrons. The molecule has 4 nitrogen and oxygen atoms in total. The van der Waals surface area contributed by atoms with Crippen LogP contribution in [0.25, 0.3) is 0 Å². The summed E-state index contributed by atoms with van der Waals surface area (Å²) in [5.74, 6) is 0. The van der Waals surface area contributed by atoms with Gasteiger partial charge in [0.15, 0.2) is 0 Å². The van der Waals surface area contributed by atoms with Crippen molar-refractivity contribution in [2.45, 2.75) is 0 Å². The Morgan fingerprint density at radius 1 is 1.00 bits per heavy atom. The summed E-state index contributed by atoms with van der Waals surface area (Å²) in [4.78, 5) is 26.7. The van der Waals surface area contributed by atoms with Crippen LogP contribution in [0, 0.1) is 0 Å². The number of halogens is 1. The van der Waals surface area contributed by atoms with Crippen LogP contribution in [0.2, 0.25) is 0 Å². The molecule has 9 heavy (non-hydrogen) atoms. The van der Waals surface area contributed by atoms with E-state index in [-0.39, 0.29) is 88.7 Å². The Balaban J connectivity index is -0.0000000417. The van der Waals surface area contributed by atoms with Crippen LogP contribution in [0.1, 0.15) is 0 Å². The second-order valence-electron chi connectivity index (χ2n) is 0.577. The van der Waals surface area contributed by atoms with Crippen LogP contribution < -0.4 is 103 Å². The van der Waals surface area contributed by atoms with E-state index in [1.165, 1.54) is 0 Å². The van der Waals surface area contributed by atoms with Gasteiger partial charge in [-0.25, -0.2) is 0 Å². The maximum atomic E-state index is 10.1. The van der Waals surface area contributed by atoms with E-state index >= 15 is 0 Å². The first kappa shape index (κ1) is 22.7. The van der Waals surface area contributed by atoms with Crippen molar-refractivity contribution in [1.82, 2.24) is 0 Å². The van der Waals surface area contributed by atoms with Crippen molar-refractivity contribution in [1.29, 1.82) is 0 Å². The average Bonchev–Trinajstić information content (AvgIpc) is 1.35. The Labute approximate surface area is 119 Å². The zero-order valence-electron chi connectivity index (χ0n) is 5.51. The molecule has 0 aromatic rings. The maximum Gasteiger partial charge on any atom is 1.00 e. The monoisotopic (exact) mass is 180 g/mol. The van der Waals surface area contributed by atoms with E-state index in [0.29, 0.717) is 0 Å². The van der Waals surface area contributed by atoms with Gasteiger partial charge in [-0.1, -0.05) is 13.6 Å². The summed E-state index contributed by atoms with van der Waals surface area (Å²) < 4.78 is 12.0. The van der Waals surface area contributed by atoms with Gasteiger partial charge in [-0.3, -0.25) is 0 Å². The molecule has 9 heteroatoms. The summed E-state index contributed by atoms with van der Waals surface area (Å²) in [6.07, 6.45) is 0. The minimum atomic E-state index is -5.55. The standard InChI is InChI=1S/FO4Si.3Na/c1-5-6(2,3)4;;;/q-3;3*+1. The van der Waals surface area contributed by atoms with Gasteiger partial charge in [0.05, 0.1) is 0 Å². The molecule has 0 fully saturated rings. The van der Waals surface area contributed by atoms with Gasteiger partial charge in [0.25, 0.3) is 0 Å². The van der Waals surface area contributed by atoms with Gasteiger partial charge in [0.1, 0.15) is 0 Å². The van der Waals surface area contributed by atoms with Crippen molar-refractivity contribution in [3.8, 4) is 0 Å². The van der Waals surface area contributed by atoms with E-state index in [2.05, 4.69) is 0 Å². The molecular weight excluding hydrogens is 180 g/mol. The first-order valence-electron chi connectivity index (χ1n) is 0.971. The molecule has 0 aliphatic rings. The molecule has 0 amide bonds. The summed E-state index contributed by atoms with van der Waals surface area (Å²) in [7, 11) is -5.55. The van der Waals surface area contributed by atoms with Crippen molar-refractivity contribution in [2.24, 2.45) is 0 Å². The third kappa shape index (κ3) is 24.8. The fraction of sp³-hybridized carbons (Fsp3) is 0. The largest absolute Gasteiger partial charge is 1.00 e. The molecule has 0 bridgehead atoms. The fourth-order valence-corrected chi connectivity index (χ4v) is 0. The van der Waals surface area contributed by atoms with Crippen LogP contribution in [0.15, 0.2) is 0 Å². The minimum Gasteiger partial charge on any atom is -0.858 e. The Morgan fingerprint density at radius 3 is 1.11 bits per heavy atom. The van der Waals surface area contributed by atoms with E-state index in [0.717, 1.165) is 0 Å². The fourth-order valence-electron chi connectivity index (χ4n) is 0. The van der Waals surface area contributed by atoms with Crippen molar-refractivity contribution >= 4 is 9.05 Å². The normalized spacial score (nSPS) is 8.00. The molecule has 0 N–H and O–H groups in total. The van der Waals surface area contributed by atoms with Crippen LogP contribution in [0.4, 0.5) is 4.53 Å². The van der Waals surface area contributed by atoms with Crippen LogP contribution in [0.5, 0.6) is 0 Å². The molecule has 0 rings (SSSR count). The molecule has 0 aliphatic carbocycles. The van der Waals surface area contributed by atoms with Crippen molar-refractivity contribution < 1.29 is 112 Å². The molecular formula is FNa3O4Si. The van der Waals surface area contributed by atoms with Gasteiger partial charge in [-0.15, -0.1) is 0 Å². The minimum absolute atomic E-state index is 0. The first-order valence-corrected chi connectivity index (χ1v) is 2.60. The van der Waals surface area contributed by atoms with Gasteiger partial charge in [-0.2, -0.15) is 0 Å². The van der Waals surface area contributed by atoms with Crippen molar-refractivity contribution in [3.63, 3.8) is 0 Å². The summed E-state index contributed by atoms with van der Waals surface area (Å²) in [6, 6.07) is 0. The van der Waals surface area contributed by atoms with Crippen molar-refractivity contribution in [3.05, 3.63) is 0 Å². The van der Waals surface area contributed by atoms with E-state index in [1.807, 2.05) is 4.63 Å². The summed E-state index contributed by atoms with van der Waals surface area (Å²) in [5, 5.41) is 0. The summed E-state index contributed by atoms with van der Waals surface area (Å²) in [6.45, 7) is 0. The zero-order valence-corrected chi connectivity index (χ0v) is 12.5. The summed E-state index contributed by atoms with van der Waals surface area (Å²) >= 11 is 0. The zero-order chi connectivity index (χ0) is 5.21.